The van der Waals surface area contributed by atoms with Crippen LogP contribution in [-0.4, -0.2) is 36.0 Å². The number of likely N-dealkylation sites (N-methyl/N-ethyl adjacent to an activating group) is 1. The average Bonchev–Trinajstić information content (AvgIpc) is 2.49. The van der Waals surface area contributed by atoms with Crippen molar-refractivity contribution in [2.75, 3.05) is 20.2 Å². The Labute approximate surface area is 126 Å². The van der Waals surface area contributed by atoms with Crippen molar-refractivity contribution in [3.05, 3.63) is 58.8 Å². The molecule has 0 radical (unpaired) electrons. The third-order valence-electron chi connectivity index (χ3n) is 2.78. The molecule has 0 aliphatic carbocycles. The van der Waals surface area contributed by atoms with Crippen molar-refractivity contribution in [2.24, 2.45) is 0 Å². The third kappa shape index (κ3) is 4.06. The summed E-state index contributed by atoms with van der Waals surface area (Å²) in [6.07, 6.45) is 3.22. The molecule has 2 rings (SSSR count). The minimum Gasteiger partial charge on any atom is -0.492 e. The maximum atomic E-state index is 12.1. The highest BCUT2D eigenvalue weighted by molar-refractivity contribution is 9.10. The molecular weight excluding hydrogens is 320 g/mol. The number of benzene rings is 1. The first-order valence-electron chi connectivity index (χ1n) is 6.20. The second kappa shape index (κ2) is 7.05. The van der Waals surface area contributed by atoms with Gasteiger partial charge >= 0.3 is 0 Å². The van der Waals surface area contributed by atoms with Gasteiger partial charge in [0.1, 0.15) is 12.4 Å². The molecule has 4 nitrogen and oxygen atoms in total. The van der Waals surface area contributed by atoms with Crippen LogP contribution in [0.2, 0.25) is 0 Å². The number of aromatic nitrogens is 1. The normalized spacial score (nSPS) is 10.1. The van der Waals surface area contributed by atoms with Crippen LogP contribution in [0.1, 0.15) is 10.4 Å². The van der Waals surface area contributed by atoms with E-state index in [0.717, 1.165) is 10.2 Å². The first kappa shape index (κ1) is 14.5. The van der Waals surface area contributed by atoms with Crippen LogP contribution in [0.5, 0.6) is 5.75 Å². The average molecular weight is 335 g/mol. The molecule has 1 aromatic heterocycles. The third-order valence-corrected chi connectivity index (χ3v) is 3.31. The van der Waals surface area contributed by atoms with Gasteiger partial charge in [0.25, 0.3) is 5.91 Å². The van der Waals surface area contributed by atoms with Crippen LogP contribution in [-0.2, 0) is 0 Å². The van der Waals surface area contributed by atoms with Crippen LogP contribution in [0.3, 0.4) is 0 Å². The van der Waals surface area contributed by atoms with E-state index in [2.05, 4.69) is 20.9 Å². The van der Waals surface area contributed by atoms with Gasteiger partial charge in [-0.3, -0.25) is 9.78 Å². The van der Waals surface area contributed by atoms with Crippen LogP contribution >= 0.6 is 15.9 Å². The van der Waals surface area contributed by atoms with Gasteiger partial charge in [-0.15, -0.1) is 0 Å². The van der Waals surface area contributed by atoms with E-state index < -0.39 is 0 Å². The molecule has 0 spiro atoms. The molecule has 0 aliphatic rings. The molecule has 2 aromatic rings. The van der Waals surface area contributed by atoms with Gasteiger partial charge in [0.2, 0.25) is 0 Å². The predicted molar refractivity (Wildman–Crippen MR) is 80.8 cm³/mol. The fourth-order valence-electron chi connectivity index (χ4n) is 1.65. The molecule has 0 N–H and O–H groups in total. The lowest BCUT2D eigenvalue weighted by Gasteiger charge is -2.17. The standard InChI is InChI=1S/C15H15BrN2O2/c1-18(15(19)12-6-8-17-9-7-12)10-11-20-14-4-2-13(16)3-5-14/h2-9H,10-11H2,1H3. The van der Waals surface area contributed by atoms with Gasteiger partial charge in [-0.1, -0.05) is 15.9 Å². The fourth-order valence-corrected chi connectivity index (χ4v) is 1.91. The van der Waals surface area contributed by atoms with E-state index in [4.69, 9.17) is 4.74 Å². The highest BCUT2D eigenvalue weighted by Crippen LogP contribution is 2.15. The number of halogens is 1. The number of hydrogen-bond acceptors (Lipinski definition) is 3. The first-order chi connectivity index (χ1) is 9.66. The molecular formula is C15H15BrN2O2. The minimum absolute atomic E-state index is 0.0354. The van der Waals surface area contributed by atoms with Crippen molar-refractivity contribution < 1.29 is 9.53 Å². The lowest BCUT2D eigenvalue weighted by Crippen LogP contribution is -2.30. The molecule has 0 saturated heterocycles. The van der Waals surface area contributed by atoms with Gasteiger partial charge in [0, 0.05) is 29.5 Å². The van der Waals surface area contributed by atoms with E-state index in [1.54, 1.807) is 36.5 Å². The van der Waals surface area contributed by atoms with Gasteiger partial charge in [-0.25, -0.2) is 0 Å². The van der Waals surface area contributed by atoms with E-state index >= 15 is 0 Å². The highest BCUT2D eigenvalue weighted by Gasteiger charge is 2.10. The molecule has 0 unspecified atom stereocenters. The van der Waals surface area contributed by atoms with Crippen molar-refractivity contribution in [1.29, 1.82) is 0 Å². The smallest absolute Gasteiger partial charge is 0.253 e. The second-order valence-corrected chi connectivity index (χ2v) is 5.18. The number of nitrogens with zero attached hydrogens (tertiary/aromatic N) is 2. The number of pyridine rings is 1. The maximum Gasteiger partial charge on any atom is 0.253 e. The van der Waals surface area contributed by atoms with Crippen LogP contribution in [0.15, 0.2) is 53.3 Å². The van der Waals surface area contributed by atoms with Crippen molar-refractivity contribution in [3.8, 4) is 5.75 Å². The molecule has 1 heterocycles. The number of amides is 1. The topological polar surface area (TPSA) is 42.4 Å². The Kier molecular flexibility index (Phi) is 5.12. The molecule has 0 fully saturated rings. The van der Waals surface area contributed by atoms with E-state index in [-0.39, 0.29) is 5.91 Å². The van der Waals surface area contributed by atoms with Crippen LogP contribution < -0.4 is 4.74 Å². The summed E-state index contributed by atoms with van der Waals surface area (Å²) in [5, 5.41) is 0. The molecule has 0 bridgehead atoms. The largest absolute Gasteiger partial charge is 0.492 e. The van der Waals surface area contributed by atoms with Crippen molar-refractivity contribution in [1.82, 2.24) is 9.88 Å². The maximum absolute atomic E-state index is 12.1. The molecule has 0 aliphatic heterocycles. The molecule has 0 saturated carbocycles. The molecule has 1 aromatic carbocycles. The van der Waals surface area contributed by atoms with Gasteiger partial charge < -0.3 is 9.64 Å². The zero-order valence-corrected chi connectivity index (χ0v) is 12.7. The van der Waals surface area contributed by atoms with Gasteiger partial charge in [0.15, 0.2) is 0 Å². The zero-order chi connectivity index (χ0) is 14.4. The number of carbonyl (C=O) groups excluding carboxylic acids is 1. The molecule has 20 heavy (non-hydrogen) atoms. The minimum atomic E-state index is -0.0354. The molecule has 104 valence electrons. The Morgan fingerprint density at radius 3 is 2.50 bits per heavy atom. The van der Waals surface area contributed by atoms with Gasteiger partial charge in [-0.2, -0.15) is 0 Å². The molecule has 5 heteroatoms. The summed E-state index contributed by atoms with van der Waals surface area (Å²) in [4.78, 5) is 17.6. The fraction of sp³-hybridized carbons (Fsp3) is 0.200. The monoisotopic (exact) mass is 334 g/mol. The van der Waals surface area contributed by atoms with Gasteiger partial charge in [0.05, 0.1) is 6.54 Å². The lowest BCUT2D eigenvalue weighted by atomic mass is 10.2. The van der Waals surface area contributed by atoms with Crippen molar-refractivity contribution >= 4 is 21.8 Å². The summed E-state index contributed by atoms with van der Waals surface area (Å²) >= 11 is 3.37. The first-order valence-corrected chi connectivity index (χ1v) is 7.00. The predicted octanol–water partition coefficient (Wildman–Crippen LogP) is 3.00. The SMILES string of the molecule is CN(CCOc1ccc(Br)cc1)C(=O)c1ccncc1. The Bertz CT molecular complexity index is 558. The van der Waals surface area contributed by atoms with Gasteiger partial charge in [-0.05, 0) is 36.4 Å². The molecule has 0 atom stereocenters. The Morgan fingerprint density at radius 2 is 1.85 bits per heavy atom. The van der Waals surface area contributed by atoms with E-state index in [1.807, 2.05) is 24.3 Å². The Morgan fingerprint density at radius 1 is 1.20 bits per heavy atom. The number of rotatable bonds is 5. The van der Waals surface area contributed by atoms with E-state index in [1.165, 1.54) is 0 Å². The molecule has 1 amide bonds. The van der Waals surface area contributed by atoms with Crippen LogP contribution in [0, 0.1) is 0 Å². The second-order valence-electron chi connectivity index (χ2n) is 4.26. The highest BCUT2D eigenvalue weighted by atomic mass is 79.9. The summed E-state index contributed by atoms with van der Waals surface area (Å²) in [5.41, 5.74) is 0.631. The summed E-state index contributed by atoms with van der Waals surface area (Å²) in [5.74, 6) is 0.754. The summed E-state index contributed by atoms with van der Waals surface area (Å²) in [6, 6.07) is 11.0. The van der Waals surface area contributed by atoms with E-state index in [9.17, 15) is 4.79 Å². The van der Waals surface area contributed by atoms with Crippen LogP contribution in [0.4, 0.5) is 0 Å². The van der Waals surface area contributed by atoms with Crippen LogP contribution in [0.25, 0.3) is 0 Å². The number of carbonyl (C=O) groups is 1. The number of hydrogen-bond donors (Lipinski definition) is 0. The quantitative estimate of drug-likeness (QED) is 0.844. The summed E-state index contributed by atoms with van der Waals surface area (Å²) in [7, 11) is 1.76. The zero-order valence-electron chi connectivity index (χ0n) is 11.1. The Balaban J connectivity index is 1.82. The number of ether oxygens (including phenoxy) is 1. The van der Waals surface area contributed by atoms with Crippen molar-refractivity contribution in [2.45, 2.75) is 0 Å². The summed E-state index contributed by atoms with van der Waals surface area (Å²) in [6.45, 7) is 0.978. The van der Waals surface area contributed by atoms with E-state index in [0.29, 0.717) is 18.7 Å². The Hall–Kier alpha value is -1.88. The van der Waals surface area contributed by atoms with Crippen molar-refractivity contribution in [3.63, 3.8) is 0 Å². The lowest BCUT2D eigenvalue weighted by molar-refractivity contribution is 0.0773. The summed E-state index contributed by atoms with van der Waals surface area (Å²) < 4.78 is 6.60.